The first-order chi connectivity index (χ1) is 9.86. The van der Waals surface area contributed by atoms with Crippen molar-refractivity contribution in [1.29, 1.82) is 0 Å². The number of sulfonamides is 1. The minimum atomic E-state index is -3.96. The lowest BCUT2D eigenvalue weighted by Crippen LogP contribution is -2.43. The van der Waals surface area contributed by atoms with Gasteiger partial charge in [0.15, 0.2) is 0 Å². The molecule has 1 saturated heterocycles. The molecule has 0 atom stereocenters. The molecule has 1 fully saturated rings. The van der Waals surface area contributed by atoms with Crippen LogP contribution < -0.4 is 5.73 Å². The van der Waals surface area contributed by atoms with Gasteiger partial charge in [-0.15, -0.1) is 12.4 Å². The predicted molar refractivity (Wildman–Crippen MR) is 81.0 cm³/mol. The third kappa shape index (κ3) is 3.75. The molecule has 2 N–H and O–H groups in total. The van der Waals surface area contributed by atoms with Gasteiger partial charge in [0.05, 0.1) is 17.6 Å². The Morgan fingerprint density at radius 1 is 1.36 bits per heavy atom. The Morgan fingerprint density at radius 2 is 1.95 bits per heavy atom. The zero-order chi connectivity index (χ0) is 15.6. The van der Waals surface area contributed by atoms with Gasteiger partial charge in [0.2, 0.25) is 10.0 Å². The van der Waals surface area contributed by atoms with Crippen molar-refractivity contribution in [2.75, 3.05) is 20.2 Å². The van der Waals surface area contributed by atoms with Crippen LogP contribution in [-0.2, 0) is 14.8 Å². The first kappa shape index (κ1) is 18.8. The standard InChI is InChI=1S/C13H17FN2O4S.ClH/c1-20-13(17)11-3-2-9(14)8-12(11)21(18,19)16-6-4-10(15)5-7-16;/h2-3,8,10H,4-7,15H2,1H3;1H. The maximum absolute atomic E-state index is 13.4. The molecule has 0 spiro atoms. The monoisotopic (exact) mass is 352 g/mol. The molecule has 2 rings (SSSR count). The lowest BCUT2D eigenvalue weighted by atomic mass is 10.1. The minimum Gasteiger partial charge on any atom is -0.465 e. The second-order valence-corrected chi connectivity index (χ2v) is 6.78. The minimum absolute atomic E-state index is 0. The number of benzene rings is 1. The molecule has 124 valence electrons. The van der Waals surface area contributed by atoms with Gasteiger partial charge in [-0.25, -0.2) is 17.6 Å². The number of piperidine rings is 1. The van der Waals surface area contributed by atoms with Gasteiger partial charge >= 0.3 is 5.97 Å². The zero-order valence-corrected chi connectivity index (χ0v) is 13.6. The number of halogens is 2. The van der Waals surface area contributed by atoms with E-state index in [2.05, 4.69) is 4.74 Å². The van der Waals surface area contributed by atoms with Crippen molar-refractivity contribution in [3.05, 3.63) is 29.6 Å². The maximum Gasteiger partial charge on any atom is 0.339 e. The molecule has 22 heavy (non-hydrogen) atoms. The molecule has 1 aliphatic heterocycles. The van der Waals surface area contributed by atoms with Crippen molar-refractivity contribution < 1.29 is 22.3 Å². The largest absolute Gasteiger partial charge is 0.465 e. The lowest BCUT2D eigenvalue weighted by molar-refractivity contribution is 0.0596. The second-order valence-electron chi connectivity index (χ2n) is 4.87. The summed E-state index contributed by atoms with van der Waals surface area (Å²) in [7, 11) is -2.82. The molecule has 0 unspecified atom stereocenters. The summed E-state index contributed by atoms with van der Waals surface area (Å²) in [6, 6.07) is 2.95. The van der Waals surface area contributed by atoms with E-state index >= 15 is 0 Å². The Balaban J connectivity index is 0.00000242. The first-order valence-corrected chi connectivity index (χ1v) is 7.94. The molecule has 9 heteroatoms. The van der Waals surface area contributed by atoms with Gasteiger partial charge in [-0.3, -0.25) is 0 Å². The average molecular weight is 353 g/mol. The molecule has 1 aliphatic rings. The number of esters is 1. The highest BCUT2D eigenvalue weighted by Gasteiger charge is 2.32. The van der Waals surface area contributed by atoms with Crippen molar-refractivity contribution in [3.63, 3.8) is 0 Å². The number of nitrogens with zero attached hydrogens (tertiary/aromatic N) is 1. The number of hydrogen-bond acceptors (Lipinski definition) is 5. The summed E-state index contributed by atoms with van der Waals surface area (Å²) in [4.78, 5) is 11.3. The van der Waals surface area contributed by atoms with Crippen molar-refractivity contribution in [2.45, 2.75) is 23.8 Å². The third-order valence-electron chi connectivity index (χ3n) is 3.47. The summed E-state index contributed by atoms with van der Waals surface area (Å²) in [5.74, 6) is -1.54. The first-order valence-electron chi connectivity index (χ1n) is 6.50. The smallest absolute Gasteiger partial charge is 0.339 e. The van der Waals surface area contributed by atoms with Crippen molar-refractivity contribution >= 4 is 28.4 Å². The predicted octanol–water partition coefficient (Wildman–Crippen LogP) is 1.15. The van der Waals surface area contributed by atoms with Gasteiger partial charge in [-0.1, -0.05) is 0 Å². The fourth-order valence-corrected chi connectivity index (χ4v) is 3.90. The normalized spacial score (nSPS) is 16.9. The van der Waals surface area contributed by atoms with E-state index in [1.807, 2.05) is 0 Å². The van der Waals surface area contributed by atoms with Gasteiger partial charge in [0.1, 0.15) is 5.82 Å². The van der Waals surface area contributed by atoms with Crippen LogP contribution >= 0.6 is 12.4 Å². The summed E-state index contributed by atoms with van der Waals surface area (Å²) in [5.41, 5.74) is 5.57. The maximum atomic E-state index is 13.4. The Morgan fingerprint density at radius 3 is 2.50 bits per heavy atom. The lowest BCUT2D eigenvalue weighted by Gasteiger charge is -2.29. The van der Waals surface area contributed by atoms with Crippen molar-refractivity contribution in [2.24, 2.45) is 5.73 Å². The number of ether oxygens (including phenoxy) is 1. The average Bonchev–Trinajstić information content (AvgIpc) is 2.47. The molecule has 0 aliphatic carbocycles. The number of nitrogens with two attached hydrogens (primary N) is 1. The fraction of sp³-hybridized carbons (Fsp3) is 0.462. The Labute approximate surface area is 134 Å². The quantitative estimate of drug-likeness (QED) is 0.824. The molecule has 1 aromatic rings. The molecule has 1 heterocycles. The van der Waals surface area contributed by atoms with Crippen LogP contribution in [0.5, 0.6) is 0 Å². The van der Waals surface area contributed by atoms with Crippen molar-refractivity contribution in [3.8, 4) is 0 Å². The summed E-state index contributed by atoms with van der Waals surface area (Å²) in [6.07, 6.45) is 1.06. The molecular weight excluding hydrogens is 335 g/mol. The van der Waals surface area contributed by atoms with Crippen LogP contribution in [0.25, 0.3) is 0 Å². The molecule has 0 radical (unpaired) electrons. The van der Waals surface area contributed by atoms with E-state index < -0.39 is 21.8 Å². The number of carbonyl (C=O) groups excluding carboxylic acids is 1. The van der Waals surface area contributed by atoms with Gasteiger partial charge in [0.25, 0.3) is 0 Å². The van der Waals surface area contributed by atoms with Crippen LogP contribution in [-0.4, -0.2) is 44.9 Å². The van der Waals surface area contributed by atoms with E-state index in [1.165, 1.54) is 4.31 Å². The molecule has 0 aromatic heterocycles. The van der Waals surface area contributed by atoms with Crippen LogP contribution in [0.2, 0.25) is 0 Å². The summed E-state index contributed by atoms with van der Waals surface area (Å²) >= 11 is 0. The van der Waals surface area contributed by atoms with E-state index in [4.69, 9.17) is 5.73 Å². The van der Waals surface area contributed by atoms with Gasteiger partial charge in [-0.05, 0) is 31.0 Å². The summed E-state index contributed by atoms with van der Waals surface area (Å²) < 4.78 is 44.4. The van der Waals surface area contributed by atoms with Crippen LogP contribution in [0.4, 0.5) is 4.39 Å². The second kappa shape index (κ2) is 7.36. The number of carbonyl (C=O) groups is 1. The van der Waals surface area contributed by atoms with Crippen LogP contribution in [0, 0.1) is 5.82 Å². The highest BCUT2D eigenvalue weighted by Crippen LogP contribution is 2.24. The van der Waals surface area contributed by atoms with E-state index in [0.29, 0.717) is 12.8 Å². The van der Waals surface area contributed by atoms with Crippen LogP contribution in [0.15, 0.2) is 23.1 Å². The highest BCUT2D eigenvalue weighted by molar-refractivity contribution is 7.89. The zero-order valence-electron chi connectivity index (χ0n) is 12.0. The van der Waals surface area contributed by atoms with Gasteiger partial charge in [0, 0.05) is 19.1 Å². The molecular formula is C13H18ClFN2O4S. The summed E-state index contributed by atoms with van der Waals surface area (Å²) in [5, 5.41) is 0. The van der Waals surface area contributed by atoms with Crippen LogP contribution in [0.1, 0.15) is 23.2 Å². The SMILES string of the molecule is COC(=O)c1ccc(F)cc1S(=O)(=O)N1CCC(N)CC1.Cl. The Kier molecular flexibility index (Phi) is 6.30. The summed E-state index contributed by atoms with van der Waals surface area (Å²) in [6.45, 7) is 0.501. The highest BCUT2D eigenvalue weighted by atomic mass is 35.5. The van der Waals surface area contributed by atoms with Gasteiger partial charge in [-0.2, -0.15) is 4.31 Å². The fourth-order valence-electron chi connectivity index (χ4n) is 2.24. The number of rotatable bonds is 3. The van der Waals surface area contributed by atoms with Gasteiger partial charge < -0.3 is 10.5 Å². The number of methoxy groups -OCH3 is 1. The third-order valence-corrected chi connectivity index (χ3v) is 5.40. The molecule has 0 amide bonds. The van der Waals surface area contributed by atoms with Crippen molar-refractivity contribution in [1.82, 2.24) is 4.31 Å². The molecule has 1 aromatic carbocycles. The van der Waals surface area contributed by atoms with E-state index in [1.54, 1.807) is 0 Å². The van der Waals surface area contributed by atoms with E-state index in [-0.39, 0.29) is 42.0 Å². The topological polar surface area (TPSA) is 89.7 Å². The Bertz CT molecular complexity index is 645. The Hall–Kier alpha value is -1.22. The number of hydrogen-bond donors (Lipinski definition) is 1. The molecule has 0 bridgehead atoms. The molecule has 0 saturated carbocycles. The molecule has 6 nitrogen and oxygen atoms in total. The van der Waals surface area contributed by atoms with Crippen LogP contribution in [0.3, 0.4) is 0 Å². The van der Waals surface area contributed by atoms with E-state index in [0.717, 1.165) is 25.3 Å². The van der Waals surface area contributed by atoms with E-state index in [9.17, 15) is 17.6 Å².